The molecule has 2 unspecified atom stereocenters. The van der Waals surface area contributed by atoms with E-state index in [1.54, 1.807) is 0 Å². The number of thioether (sulfide) groups is 1. The zero-order chi connectivity index (χ0) is 9.90. The summed E-state index contributed by atoms with van der Waals surface area (Å²) < 4.78 is 23.9. The summed E-state index contributed by atoms with van der Waals surface area (Å²) in [6, 6.07) is 0.0547. The molecule has 6 heteroatoms. The van der Waals surface area contributed by atoms with Crippen LogP contribution in [0.5, 0.6) is 0 Å². The largest absolute Gasteiger partial charge is 0.274 e. The smallest absolute Gasteiger partial charge is 0.216 e. The third-order valence-electron chi connectivity index (χ3n) is 2.12. The van der Waals surface area contributed by atoms with Crippen LogP contribution in [0.25, 0.3) is 0 Å². The maximum Gasteiger partial charge on any atom is 0.274 e. The average Bonchev–Trinajstić information content (AvgIpc) is 2.33. The van der Waals surface area contributed by atoms with Crippen LogP contribution in [-0.2, 0) is 10.2 Å². The molecule has 0 spiro atoms. The Kier molecular flexibility index (Phi) is 4.03. The highest BCUT2D eigenvalue weighted by molar-refractivity contribution is 7.99. The second kappa shape index (κ2) is 4.63. The summed E-state index contributed by atoms with van der Waals surface area (Å²) in [5.74, 6) is 1.09. The zero-order valence-electron chi connectivity index (χ0n) is 7.69. The Morgan fingerprint density at radius 2 is 2.23 bits per heavy atom. The number of nitrogens with two attached hydrogens (primary N) is 1. The van der Waals surface area contributed by atoms with Crippen molar-refractivity contribution < 1.29 is 8.42 Å². The van der Waals surface area contributed by atoms with Gasteiger partial charge >= 0.3 is 0 Å². The Balaban J connectivity index is 2.33. The molecule has 0 bridgehead atoms. The fraction of sp³-hybridized carbons (Fsp3) is 1.00. The standard InChI is InChI=1S/C7H16N2O2S2/c1-2-12-7-4-3-6(5-7)9-13(8,10)11/h6-7,9H,2-5H2,1H3,(H2,8,10,11). The summed E-state index contributed by atoms with van der Waals surface area (Å²) in [4.78, 5) is 0. The third-order valence-corrected chi connectivity index (χ3v) is 4.01. The van der Waals surface area contributed by atoms with Gasteiger partial charge in [0.05, 0.1) is 0 Å². The lowest BCUT2D eigenvalue weighted by Gasteiger charge is -2.10. The van der Waals surface area contributed by atoms with Crippen LogP contribution in [0.1, 0.15) is 26.2 Å². The van der Waals surface area contributed by atoms with Gasteiger partial charge in [-0.1, -0.05) is 6.92 Å². The van der Waals surface area contributed by atoms with Crippen LogP contribution in [0.4, 0.5) is 0 Å². The van der Waals surface area contributed by atoms with Gasteiger partial charge in [0, 0.05) is 11.3 Å². The molecule has 13 heavy (non-hydrogen) atoms. The fourth-order valence-electron chi connectivity index (χ4n) is 1.67. The molecular weight excluding hydrogens is 208 g/mol. The first kappa shape index (κ1) is 11.3. The van der Waals surface area contributed by atoms with E-state index in [4.69, 9.17) is 5.14 Å². The molecule has 0 saturated heterocycles. The molecule has 1 rings (SSSR count). The van der Waals surface area contributed by atoms with Gasteiger partial charge in [0.15, 0.2) is 0 Å². The lowest BCUT2D eigenvalue weighted by atomic mass is 10.3. The maximum atomic E-state index is 10.7. The molecule has 1 aliphatic rings. The summed E-state index contributed by atoms with van der Waals surface area (Å²) in [7, 11) is -3.51. The molecule has 1 fully saturated rings. The van der Waals surface area contributed by atoms with Crippen LogP contribution in [0, 0.1) is 0 Å². The predicted octanol–water partition coefficient (Wildman–Crippen LogP) is 0.454. The van der Waals surface area contributed by atoms with E-state index in [0.29, 0.717) is 5.25 Å². The minimum atomic E-state index is -3.51. The van der Waals surface area contributed by atoms with Crippen LogP contribution in [0.15, 0.2) is 0 Å². The quantitative estimate of drug-likeness (QED) is 0.728. The van der Waals surface area contributed by atoms with Crippen molar-refractivity contribution in [1.82, 2.24) is 4.72 Å². The Hall–Kier alpha value is 0.220. The summed E-state index contributed by atoms with van der Waals surface area (Å²) >= 11 is 1.89. The van der Waals surface area contributed by atoms with Gasteiger partial charge in [0.25, 0.3) is 10.2 Å². The number of hydrogen-bond donors (Lipinski definition) is 2. The molecule has 2 atom stereocenters. The first-order valence-electron chi connectivity index (χ1n) is 4.43. The van der Waals surface area contributed by atoms with E-state index in [-0.39, 0.29) is 6.04 Å². The monoisotopic (exact) mass is 224 g/mol. The maximum absolute atomic E-state index is 10.7. The SMILES string of the molecule is CCSC1CCC(NS(N)(=O)=O)C1. The van der Waals surface area contributed by atoms with Crippen molar-refractivity contribution in [2.24, 2.45) is 5.14 Å². The van der Waals surface area contributed by atoms with E-state index in [1.165, 1.54) is 0 Å². The molecule has 78 valence electrons. The first-order chi connectivity index (χ1) is 6.01. The molecule has 4 nitrogen and oxygen atoms in total. The van der Waals surface area contributed by atoms with Gasteiger partial charge in [0.1, 0.15) is 0 Å². The van der Waals surface area contributed by atoms with E-state index >= 15 is 0 Å². The fourth-order valence-corrected chi connectivity index (χ4v) is 3.49. The van der Waals surface area contributed by atoms with Gasteiger partial charge in [-0.15, -0.1) is 0 Å². The topological polar surface area (TPSA) is 72.2 Å². The Morgan fingerprint density at radius 1 is 1.54 bits per heavy atom. The van der Waals surface area contributed by atoms with Crippen LogP contribution in [0.3, 0.4) is 0 Å². The van der Waals surface area contributed by atoms with E-state index in [9.17, 15) is 8.42 Å². The second-order valence-corrected chi connectivity index (χ2v) is 6.15. The molecule has 0 radical (unpaired) electrons. The molecular formula is C7H16N2O2S2. The van der Waals surface area contributed by atoms with Crippen LogP contribution in [-0.4, -0.2) is 25.5 Å². The highest BCUT2D eigenvalue weighted by Gasteiger charge is 2.26. The minimum Gasteiger partial charge on any atom is -0.216 e. The zero-order valence-corrected chi connectivity index (χ0v) is 9.33. The Morgan fingerprint density at radius 3 is 2.77 bits per heavy atom. The van der Waals surface area contributed by atoms with Crippen LogP contribution >= 0.6 is 11.8 Å². The molecule has 0 aromatic rings. The van der Waals surface area contributed by atoms with Crippen molar-refractivity contribution in [3.63, 3.8) is 0 Å². The van der Waals surface area contributed by atoms with Gasteiger partial charge in [-0.05, 0) is 25.0 Å². The first-order valence-corrected chi connectivity index (χ1v) is 7.02. The Labute approximate surface area is 83.8 Å². The van der Waals surface area contributed by atoms with Crippen LogP contribution < -0.4 is 9.86 Å². The highest BCUT2D eigenvalue weighted by Crippen LogP contribution is 2.29. The van der Waals surface area contributed by atoms with Gasteiger partial charge in [0.2, 0.25) is 0 Å². The van der Waals surface area contributed by atoms with Gasteiger partial charge < -0.3 is 0 Å². The lowest BCUT2D eigenvalue weighted by Crippen LogP contribution is -2.38. The molecule has 1 saturated carbocycles. The summed E-state index contributed by atoms with van der Waals surface area (Å²) in [6.07, 6.45) is 2.91. The molecule has 0 aromatic carbocycles. The van der Waals surface area contributed by atoms with Crippen molar-refractivity contribution in [2.75, 3.05) is 5.75 Å². The van der Waals surface area contributed by atoms with Crippen molar-refractivity contribution in [1.29, 1.82) is 0 Å². The van der Waals surface area contributed by atoms with E-state index in [2.05, 4.69) is 11.6 Å². The minimum absolute atomic E-state index is 0.0547. The molecule has 0 aromatic heterocycles. The van der Waals surface area contributed by atoms with Crippen LogP contribution in [0.2, 0.25) is 0 Å². The summed E-state index contributed by atoms with van der Waals surface area (Å²) in [5.41, 5.74) is 0. The Bertz CT molecular complexity index is 253. The predicted molar refractivity (Wildman–Crippen MR) is 55.8 cm³/mol. The number of nitrogens with one attached hydrogen (secondary N) is 1. The molecule has 0 heterocycles. The van der Waals surface area contributed by atoms with Gasteiger partial charge in [-0.25, -0.2) is 5.14 Å². The van der Waals surface area contributed by atoms with Crippen molar-refractivity contribution in [3.8, 4) is 0 Å². The lowest BCUT2D eigenvalue weighted by molar-refractivity contribution is 0.554. The highest BCUT2D eigenvalue weighted by atomic mass is 32.2. The second-order valence-electron chi connectivity index (χ2n) is 3.25. The van der Waals surface area contributed by atoms with E-state index in [1.807, 2.05) is 11.8 Å². The molecule has 0 amide bonds. The molecule has 0 aliphatic heterocycles. The van der Waals surface area contributed by atoms with Crippen molar-refractivity contribution in [2.45, 2.75) is 37.5 Å². The summed E-state index contributed by atoms with van der Waals surface area (Å²) in [6.45, 7) is 2.12. The van der Waals surface area contributed by atoms with E-state index in [0.717, 1.165) is 25.0 Å². The third kappa shape index (κ3) is 4.30. The normalized spacial score (nSPS) is 29.4. The number of rotatable bonds is 4. The van der Waals surface area contributed by atoms with E-state index < -0.39 is 10.2 Å². The summed E-state index contributed by atoms with van der Waals surface area (Å²) in [5, 5.41) is 5.49. The van der Waals surface area contributed by atoms with Crippen molar-refractivity contribution in [3.05, 3.63) is 0 Å². The number of hydrogen-bond acceptors (Lipinski definition) is 3. The van der Waals surface area contributed by atoms with Gasteiger partial charge in [-0.3, -0.25) is 0 Å². The average molecular weight is 224 g/mol. The van der Waals surface area contributed by atoms with Gasteiger partial charge in [-0.2, -0.15) is 24.9 Å². The molecule has 3 N–H and O–H groups in total. The van der Waals surface area contributed by atoms with Crippen molar-refractivity contribution >= 4 is 22.0 Å². The molecule has 1 aliphatic carbocycles.